The number of ether oxygens (including phenoxy) is 1. The molecule has 2 nitrogen and oxygen atoms in total. The Morgan fingerprint density at radius 1 is 1.23 bits per heavy atom. The standard InChI is InChI=1S/C11H25NO/c1-9(2)13-8-10(12-6)7-11(3,4)5/h9-10,12H,7-8H2,1-6H3. The van der Waals surface area contributed by atoms with Gasteiger partial charge in [-0.1, -0.05) is 20.8 Å². The van der Waals surface area contributed by atoms with E-state index in [9.17, 15) is 0 Å². The average Bonchev–Trinajstić information content (AvgIpc) is 1.95. The predicted molar refractivity (Wildman–Crippen MR) is 58.0 cm³/mol. The summed E-state index contributed by atoms with van der Waals surface area (Å²) in [5, 5.41) is 3.29. The van der Waals surface area contributed by atoms with Crippen molar-refractivity contribution in [1.82, 2.24) is 5.32 Å². The van der Waals surface area contributed by atoms with E-state index in [0.29, 0.717) is 17.6 Å². The fourth-order valence-electron chi connectivity index (χ4n) is 1.29. The smallest absolute Gasteiger partial charge is 0.0623 e. The third-order valence-electron chi connectivity index (χ3n) is 1.90. The lowest BCUT2D eigenvalue weighted by molar-refractivity contribution is 0.0540. The van der Waals surface area contributed by atoms with Gasteiger partial charge < -0.3 is 10.1 Å². The Labute approximate surface area is 83.1 Å². The molecule has 0 saturated heterocycles. The lowest BCUT2D eigenvalue weighted by Gasteiger charge is -2.26. The quantitative estimate of drug-likeness (QED) is 0.714. The van der Waals surface area contributed by atoms with Gasteiger partial charge >= 0.3 is 0 Å². The molecule has 0 fully saturated rings. The first-order chi connectivity index (χ1) is 5.85. The highest BCUT2D eigenvalue weighted by Crippen LogP contribution is 2.20. The van der Waals surface area contributed by atoms with Gasteiger partial charge in [0, 0.05) is 6.04 Å². The minimum Gasteiger partial charge on any atom is -0.377 e. The van der Waals surface area contributed by atoms with E-state index in [1.807, 2.05) is 7.05 Å². The van der Waals surface area contributed by atoms with Crippen molar-refractivity contribution in [1.29, 1.82) is 0 Å². The van der Waals surface area contributed by atoms with Gasteiger partial charge in [0.25, 0.3) is 0 Å². The van der Waals surface area contributed by atoms with E-state index in [1.165, 1.54) is 0 Å². The van der Waals surface area contributed by atoms with Crippen molar-refractivity contribution < 1.29 is 4.74 Å². The lowest BCUT2D eigenvalue weighted by Crippen LogP contribution is -2.35. The number of nitrogens with one attached hydrogen (secondary N) is 1. The maximum Gasteiger partial charge on any atom is 0.0623 e. The Hall–Kier alpha value is -0.0800. The number of hydrogen-bond donors (Lipinski definition) is 1. The van der Waals surface area contributed by atoms with Crippen LogP contribution in [0.5, 0.6) is 0 Å². The van der Waals surface area contributed by atoms with Crippen molar-refractivity contribution in [3.8, 4) is 0 Å². The third-order valence-corrected chi connectivity index (χ3v) is 1.90. The molecule has 1 N–H and O–H groups in total. The van der Waals surface area contributed by atoms with Gasteiger partial charge in [0.2, 0.25) is 0 Å². The highest BCUT2D eigenvalue weighted by molar-refractivity contribution is 4.73. The van der Waals surface area contributed by atoms with Crippen LogP contribution in [0.4, 0.5) is 0 Å². The van der Waals surface area contributed by atoms with Crippen molar-refractivity contribution in [3.63, 3.8) is 0 Å². The van der Waals surface area contributed by atoms with E-state index in [1.54, 1.807) is 0 Å². The SMILES string of the molecule is CNC(COC(C)C)CC(C)(C)C. The zero-order valence-corrected chi connectivity index (χ0v) is 9.98. The van der Waals surface area contributed by atoms with Crippen LogP contribution in [0.2, 0.25) is 0 Å². The summed E-state index contributed by atoms with van der Waals surface area (Å²) in [6.07, 6.45) is 1.48. The summed E-state index contributed by atoms with van der Waals surface area (Å²) in [4.78, 5) is 0. The van der Waals surface area contributed by atoms with Gasteiger partial charge in [0.05, 0.1) is 12.7 Å². The maximum atomic E-state index is 5.58. The number of rotatable bonds is 5. The Balaban J connectivity index is 3.76. The van der Waals surface area contributed by atoms with Gasteiger partial charge in [-0.25, -0.2) is 0 Å². The van der Waals surface area contributed by atoms with Crippen LogP contribution in [0, 0.1) is 5.41 Å². The molecule has 0 aliphatic carbocycles. The van der Waals surface area contributed by atoms with Crippen molar-refractivity contribution in [2.24, 2.45) is 5.41 Å². The molecule has 80 valence electrons. The molecule has 0 amide bonds. The molecule has 2 heteroatoms. The van der Waals surface area contributed by atoms with Gasteiger partial charge in [-0.2, -0.15) is 0 Å². The van der Waals surface area contributed by atoms with Gasteiger partial charge in [-0.3, -0.25) is 0 Å². The predicted octanol–water partition coefficient (Wildman–Crippen LogP) is 2.44. The maximum absolute atomic E-state index is 5.58. The first-order valence-electron chi connectivity index (χ1n) is 5.14. The van der Waals surface area contributed by atoms with E-state index >= 15 is 0 Å². The molecular formula is C11H25NO. The normalized spacial score (nSPS) is 15.0. The van der Waals surface area contributed by atoms with Crippen LogP contribution in [-0.4, -0.2) is 25.8 Å². The second kappa shape index (κ2) is 5.61. The van der Waals surface area contributed by atoms with Gasteiger partial charge in [-0.05, 0) is 32.7 Å². The summed E-state index contributed by atoms with van der Waals surface area (Å²) in [7, 11) is 2.00. The molecule has 0 aromatic carbocycles. The summed E-state index contributed by atoms with van der Waals surface area (Å²) in [6, 6.07) is 0.474. The second-order valence-corrected chi connectivity index (χ2v) is 5.13. The Kier molecular flexibility index (Phi) is 5.57. The van der Waals surface area contributed by atoms with Gasteiger partial charge in [-0.15, -0.1) is 0 Å². The molecule has 0 bridgehead atoms. The zero-order valence-electron chi connectivity index (χ0n) is 9.98. The van der Waals surface area contributed by atoms with Crippen molar-refractivity contribution in [2.75, 3.05) is 13.7 Å². The zero-order chi connectivity index (χ0) is 10.5. The molecule has 0 saturated carbocycles. The average molecular weight is 187 g/mol. The van der Waals surface area contributed by atoms with Gasteiger partial charge in [0.15, 0.2) is 0 Å². The molecule has 0 radical (unpaired) electrons. The van der Waals surface area contributed by atoms with Crippen LogP contribution in [0.3, 0.4) is 0 Å². The van der Waals surface area contributed by atoms with Crippen LogP contribution in [0.1, 0.15) is 41.0 Å². The van der Waals surface area contributed by atoms with E-state index in [0.717, 1.165) is 13.0 Å². The second-order valence-electron chi connectivity index (χ2n) is 5.13. The van der Waals surface area contributed by atoms with Crippen LogP contribution in [0.25, 0.3) is 0 Å². The monoisotopic (exact) mass is 187 g/mol. The topological polar surface area (TPSA) is 21.3 Å². The molecule has 0 spiro atoms. The van der Waals surface area contributed by atoms with Crippen molar-refractivity contribution in [2.45, 2.75) is 53.2 Å². The van der Waals surface area contributed by atoms with E-state index in [2.05, 4.69) is 39.9 Å². The molecule has 0 aromatic rings. The Morgan fingerprint density at radius 2 is 1.77 bits per heavy atom. The molecular weight excluding hydrogens is 162 g/mol. The molecule has 13 heavy (non-hydrogen) atoms. The number of hydrogen-bond acceptors (Lipinski definition) is 2. The third kappa shape index (κ3) is 8.26. The van der Waals surface area contributed by atoms with Crippen LogP contribution >= 0.6 is 0 Å². The van der Waals surface area contributed by atoms with E-state index in [-0.39, 0.29) is 0 Å². The van der Waals surface area contributed by atoms with E-state index < -0.39 is 0 Å². The van der Waals surface area contributed by atoms with Crippen molar-refractivity contribution >= 4 is 0 Å². The molecule has 1 unspecified atom stereocenters. The van der Waals surface area contributed by atoms with Crippen LogP contribution < -0.4 is 5.32 Å². The fourth-order valence-corrected chi connectivity index (χ4v) is 1.29. The fraction of sp³-hybridized carbons (Fsp3) is 1.00. The lowest BCUT2D eigenvalue weighted by atomic mass is 9.88. The molecule has 0 aromatic heterocycles. The van der Waals surface area contributed by atoms with Crippen LogP contribution in [0.15, 0.2) is 0 Å². The first kappa shape index (κ1) is 12.9. The summed E-state index contributed by atoms with van der Waals surface area (Å²) in [6.45, 7) is 11.7. The molecule has 0 aliphatic heterocycles. The highest BCUT2D eigenvalue weighted by Gasteiger charge is 2.17. The Morgan fingerprint density at radius 3 is 2.08 bits per heavy atom. The van der Waals surface area contributed by atoms with Crippen molar-refractivity contribution in [3.05, 3.63) is 0 Å². The summed E-state index contributed by atoms with van der Waals surface area (Å²) < 4.78 is 5.58. The summed E-state index contributed by atoms with van der Waals surface area (Å²) in [5.74, 6) is 0. The minimum atomic E-state index is 0.329. The number of likely N-dealkylation sites (N-methyl/N-ethyl adjacent to an activating group) is 1. The summed E-state index contributed by atoms with van der Waals surface area (Å²) >= 11 is 0. The summed E-state index contributed by atoms with van der Waals surface area (Å²) in [5.41, 5.74) is 0.369. The molecule has 1 atom stereocenters. The van der Waals surface area contributed by atoms with Gasteiger partial charge in [0.1, 0.15) is 0 Å². The highest BCUT2D eigenvalue weighted by atomic mass is 16.5. The van der Waals surface area contributed by atoms with Crippen LogP contribution in [-0.2, 0) is 4.74 Å². The van der Waals surface area contributed by atoms with E-state index in [4.69, 9.17) is 4.74 Å². The Bertz CT molecular complexity index is 127. The first-order valence-corrected chi connectivity index (χ1v) is 5.14. The minimum absolute atomic E-state index is 0.329. The molecule has 0 aliphatic rings. The largest absolute Gasteiger partial charge is 0.377 e. The molecule has 0 rings (SSSR count). The molecule has 0 heterocycles.